The predicted molar refractivity (Wildman–Crippen MR) is 85.9 cm³/mol. The summed E-state index contributed by atoms with van der Waals surface area (Å²) in [5.41, 5.74) is 0. The van der Waals surface area contributed by atoms with Crippen molar-refractivity contribution in [2.45, 2.75) is 0 Å². The first-order chi connectivity index (χ1) is 8.35. The molecule has 0 atom stereocenters. The van der Waals surface area contributed by atoms with Crippen molar-refractivity contribution in [2.75, 3.05) is 45.2 Å². The van der Waals surface area contributed by atoms with Crippen LogP contribution in [0.5, 0.6) is 0 Å². The fourth-order valence-corrected chi connectivity index (χ4v) is 2.10. The van der Waals surface area contributed by atoms with Crippen molar-refractivity contribution in [2.24, 2.45) is 4.99 Å². The molecule has 1 aromatic heterocycles. The van der Waals surface area contributed by atoms with E-state index in [1.165, 1.54) is 0 Å². The molecule has 1 aliphatic heterocycles. The lowest BCUT2D eigenvalue weighted by Gasteiger charge is -2.36. The van der Waals surface area contributed by atoms with Crippen LogP contribution >= 0.6 is 24.0 Å². The largest absolute Gasteiger partial charge is 0.359 e. The van der Waals surface area contributed by atoms with Crippen LogP contribution in [0.1, 0.15) is 0 Å². The Hall–Kier alpha value is -1.05. The molecule has 0 unspecified atom stereocenters. The number of anilines is 1. The van der Waals surface area contributed by atoms with Crippen LogP contribution in [0.2, 0.25) is 0 Å². The van der Waals surface area contributed by atoms with E-state index in [2.05, 4.69) is 31.2 Å². The summed E-state index contributed by atoms with van der Waals surface area (Å²) in [7, 11) is 3.73. The van der Waals surface area contributed by atoms with Gasteiger partial charge in [0.1, 0.15) is 5.82 Å². The van der Waals surface area contributed by atoms with E-state index in [0.29, 0.717) is 0 Å². The number of pyridine rings is 1. The van der Waals surface area contributed by atoms with Gasteiger partial charge in [-0.1, -0.05) is 6.07 Å². The third-order valence-electron chi connectivity index (χ3n) is 2.99. The highest BCUT2D eigenvalue weighted by atomic mass is 127. The molecule has 0 bridgehead atoms. The maximum Gasteiger partial charge on any atom is 0.193 e. The highest BCUT2D eigenvalue weighted by molar-refractivity contribution is 14.0. The first-order valence-corrected chi connectivity index (χ1v) is 5.90. The quantitative estimate of drug-likeness (QED) is 0.461. The van der Waals surface area contributed by atoms with E-state index in [1.807, 2.05) is 32.4 Å². The van der Waals surface area contributed by atoms with Gasteiger partial charge in [0.25, 0.3) is 0 Å². The van der Waals surface area contributed by atoms with E-state index < -0.39 is 0 Å². The van der Waals surface area contributed by atoms with Crippen molar-refractivity contribution in [1.82, 2.24) is 15.2 Å². The minimum Gasteiger partial charge on any atom is -0.359 e. The Labute approximate surface area is 125 Å². The van der Waals surface area contributed by atoms with Crippen molar-refractivity contribution in [3.63, 3.8) is 0 Å². The molecule has 0 aromatic carbocycles. The molecule has 1 saturated heterocycles. The van der Waals surface area contributed by atoms with Crippen LogP contribution in [0, 0.1) is 0 Å². The Morgan fingerprint density at radius 1 is 1.28 bits per heavy atom. The number of aliphatic imine (C=N–C) groups is 1. The smallest absolute Gasteiger partial charge is 0.193 e. The van der Waals surface area contributed by atoms with Gasteiger partial charge in [-0.2, -0.15) is 0 Å². The standard InChI is InChI=1S/C12H19N5.HI/c1-13-12(14-2)17-9-7-16(8-10-17)11-5-3-4-6-15-11;/h3-6H,7-10H2,1-2H3,(H,13,14);1H. The van der Waals surface area contributed by atoms with Gasteiger partial charge in [-0.05, 0) is 12.1 Å². The molecule has 6 heteroatoms. The van der Waals surface area contributed by atoms with Gasteiger partial charge < -0.3 is 15.1 Å². The van der Waals surface area contributed by atoms with E-state index in [1.54, 1.807) is 0 Å². The van der Waals surface area contributed by atoms with Crippen LogP contribution in [-0.4, -0.2) is 56.1 Å². The molecule has 2 heterocycles. The van der Waals surface area contributed by atoms with E-state index in [-0.39, 0.29) is 24.0 Å². The van der Waals surface area contributed by atoms with Gasteiger partial charge in [0.2, 0.25) is 0 Å². The Morgan fingerprint density at radius 3 is 2.50 bits per heavy atom. The summed E-state index contributed by atoms with van der Waals surface area (Å²) in [5, 5.41) is 3.12. The van der Waals surface area contributed by atoms with Crippen LogP contribution < -0.4 is 10.2 Å². The number of piperazine rings is 1. The fraction of sp³-hybridized carbons (Fsp3) is 0.500. The van der Waals surface area contributed by atoms with Gasteiger partial charge in [-0.3, -0.25) is 4.99 Å². The third-order valence-corrected chi connectivity index (χ3v) is 2.99. The van der Waals surface area contributed by atoms with Crippen molar-refractivity contribution >= 4 is 35.8 Å². The number of rotatable bonds is 1. The van der Waals surface area contributed by atoms with Crippen molar-refractivity contribution in [3.05, 3.63) is 24.4 Å². The Bertz CT molecular complexity index is 373. The molecular weight excluding hydrogens is 341 g/mol. The van der Waals surface area contributed by atoms with E-state index in [9.17, 15) is 0 Å². The number of hydrogen-bond acceptors (Lipinski definition) is 3. The molecule has 18 heavy (non-hydrogen) atoms. The van der Waals surface area contributed by atoms with Gasteiger partial charge in [0.15, 0.2) is 5.96 Å². The number of nitrogens with one attached hydrogen (secondary N) is 1. The van der Waals surface area contributed by atoms with Gasteiger partial charge in [0.05, 0.1) is 0 Å². The maximum atomic E-state index is 4.37. The third kappa shape index (κ3) is 3.47. The zero-order valence-electron chi connectivity index (χ0n) is 10.8. The molecule has 1 N–H and O–H groups in total. The highest BCUT2D eigenvalue weighted by Crippen LogP contribution is 2.12. The molecule has 1 aromatic rings. The van der Waals surface area contributed by atoms with Crippen LogP contribution in [0.3, 0.4) is 0 Å². The van der Waals surface area contributed by atoms with Crippen LogP contribution in [-0.2, 0) is 0 Å². The monoisotopic (exact) mass is 361 g/mol. The second-order valence-corrected chi connectivity index (χ2v) is 3.96. The molecule has 0 aliphatic carbocycles. The fourth-order valence-electron chi connectivity index (χ4n) is 2.10. The number of nitrogens with zero attached hydrogens (tertiary/aromatic N) is 4. The lowest BCUT2D eigenvalue weighted by atomic mass is 10.3. The molecule has 0 radical (unpaired) electrons. The van der Waals surface area contributed by atoms with Gasteiger partial charge in [0, 0.05) is 46.5 Å². The predicted octanol–water partition coefficient (Wildman–Crippen LogP) is 1.03. The second-order valence-electron chi connectivity index (χ2n) is 3.96. The summed E-state index contributed by atoms with van der Waals surface area (Å²) in [6.07, 6.45) is 1.84. The lowest BCUT2D eigenvalue weighted by molar-refractivity contribution is 0.374. The Morgan fingerprint density at radius 2 is 2.00 bits per heavy atom. The zero-order valence-corrected chi connectivity index (χ0v) is 13.2. The summed E-state index contributed by atoms with van der Waals surface area (Å²) in [6, 6.07) is 6.03. The Balaban J connectivity index is 0.00000162. The summed E-state index contributed by atoms with van der Waals surface area (Å²) in [5.74, 6) is 2.03. The maximum absolute atomic E-state index is 4.37. The minimum atomic E-state index is 0. The van der Waals surface area contributed by atoms with E-state index in [4.69, 9.17) is 0 Å². The molecule has 5 nitrogen and oxygen atoms in total. The summed E-state index contributed by atoms with van der Waals surface area (Å²) >= 11 is 0. The number of aromatic nitrogens is 1. The van der Waals surface area contributed by atoms with Crippen molar-refractivity contribution < 1.29 is 0 Å². The van der Waals surface area contributed by atoms with Gasteiger partial charge >= 0.3 is 0 Å². The lowest BCUT2D eigenvalue weighted by Crippen LogP contribution is -2.52. The van der Waals surface area contributed by atoms with Crippen LogP contribution in [0.4, 0.5) is 5.82 Å². The SMILES string of the molecule is CN=C(NC)N1CCN(c2ccccn2)CC1.I. The summed E-state index contributed by atoms with van der Waals surface area (Å²) < 4.78 is 0. The molecule has 2 rings (SSSR count). The molecule has 0 saturated carbocycles. The number of hydrogen-bond donors (Lipinski definition) is 1. The average Bonchev–Trinajstić information content (AvgIpc) is 2.42. The zero-order chi connectivity index (χ0) is 12.1. The molecule has 0 amide bonds. The molecular formula is C12H20IN5. The van der Waals surface area contributed by atoms with Crippen LogP contribution in [0.25, 0.3) is 0 Å². The number of guanidine groups is 1. The Kier molecular flexibility index (Phi) is 6.17. The van der Waals surface area contributed by atoms with E-state index in [0.717, 1.165) is 38.0 Å². The molecule has 1 fully saturated rings. The number of halogens is 1. The second kappa shape index (κ2) is 7.40. The topological polar surface area (TPSA) is 43.8 Å². The van der Waals surface area contributed by atoms with Gasteiger partial charge in [-0.15, -0.1) is 24.0 Å². The van der Waals surface area contributed by atoms with Gasteiger partial charge in [-0.25, -0.2) is 4.98 Å². The molecule has 100 valence electrons. The van der Waals surface area contributed by atoms with Crippen molar-refractivity contribution in [3.8, 4) is 0 Å². The van der Waals surface area contributed by atoms with Crippen molar-refractivity contribution in [1.29, 1.82) is 0 Å². The first-order valence-electron chi connectivity index (χ1n) is 5.90. The van der Waals surface area contributed by atoms with E-state index >= 15 is 0 Å². The summed E-state index contributed by atoms with van der Waals surface area (Å²) in [4.78, 5) is 13.2. The minimum absolute atomic E-state index is 0. The van der Waals surface area contributed by atoms with Crippen LogP contribution in [0.15, 0.2) is 29.4 Å². The average molecular weight is 361 g/mol. The first kappa shape index (κ1) is 15.0. The normalized spacial score (nSPS) is 16.2. The highest BCUT2D eigenvalue weighted by Gasteiger charge is 2.19. The molecule has 0 spiro atoms. The summed E-state index contributed by atoms with van der Waals surface area (Å²) in [6.45, 7) is 3.92. The molecule has 1 aliphatic rings.